The number of rotatable bonds is 18. The molecule has 1 aliphatic rings. The number of hydrogen-bond acceptors (Lipinski definition) is 14. The Kier molecular flexibility index (Phi) is 26.0. The van der Waals surface area contributed by atoms with Crippen LogP contribution in [0, 0.1) is 12.8 Å². The zero-order valence-corrected chi connectivity index (χ0v) is 25.4. The monoisotopic (exact) mass is 620 g/mol. The van der Waals surface area contributed by atoms with Crippen molar-refractivity contribution in [3.05, 3.63) is 23.8 Å². The van der Waals surface area contributed by atoms with Crippen LogP contribution in [0.5, 0.6) is 0 Å². The molecule has 244 valence electrons. The lowest BCUT2D eigenvalue weighted by Gasteiger charge is -2.27. The van der Waals surface area contributed by atoms with E-state index in [2.05, 4.69) is 20.0 Å². The molecule has 0 radical (unpaired) electrons. The molecule has 1 aliphatic carbocycles. The van der Waals surface area contributed by atoms with Crippen molar-refractivity contribution in [2.75, 3.05) is 52.9 Å². The summed E-state index contributed by atoms with van der Waals surface area (Å²) in [4.78, 5) is 54.4. The minimum Gasteiger partial charge on any atom is -0.396 e. The standard InChI is InChI=1S/C12H26O6.C9H12N2O2.C9H6N2O2/c13-4-1-7-16-10-12(18-9-3-6-15)11-17-8-2-5-14;1-7-2-3-8(10-5-12)4-9(7)11-6-13;1-7-8(10-5-12)3-2-4-9(7)11-6-13/h12-15H,1-11H2;7-9H,2-4H2,1H3;2-4H,1H3. The van der Waals surface area contributed by atoms with Gasteiger partial charge in [-0.2, -0.15) is 9.98 Å². The summed E-state index contributed by atoms with van der Waals surface area (Å²) < 4.78 is 16.2. The predicted octanol–water partition coefficient (Wildman–Crippen LogP) is 2.70. The molecule has 3 unspecified atom stereocenters. The van der Waals surface area contributed by atoms with Crippen LogP contribution in [0.1, 0.15) is 51.0 Å². The molecule has 14 heteroatoms. The van der Waals surface area contributed by atoms with Gasteiger partial charge >= 0.3 is 0 Å². The number of ether oxygens (including phenoxy) is 3. The summed E-state index contributed by atoms with van der Waals surface area (Å²) in [6.45, 7) is 6.36. The van der Waals surface area contributed by atoms with Crippen LogP contribution < -0.4 is 0 Å². The molecule has 0 saturated heterocycles. The third-order valence-corrected chi connectivity index (χ3v) is 6.35. The molecule has 0 heterocycles. The van der Waals surface area contributed by atoms with E-state index in [-0.39, 0.29) is 38.0 Å². The molecule has 0 aliphatic heterocycles. The summed E-state index contributed by atoms with van der Waals surface area (Å²) >= 11 is 0. The van der Waals surface area contributed by atoms with Gasteiger partial charge in [0, 0.05) is 45.2 Å². The highest BCUT2D eigenvalue weighted by molar-refractivity contribution is 5.64. The zero-order valence-electron chi connectivity index (χ0n) is 25.4. The van der Waals surface area contributed by atoms with E-state index in [4.69, 9.17) is 29.5 Å². The summed E-state index contributed by atoms with van der Waals surface area (Å²) in [6.07, 6.45) is 10.1. The molecule has 14 nitrogen and oxygen atoms in total. The largest absolute Gasteiger partial charge is 0.396 e. The van der Waals surface area contributed by atoms with Gasteiger partial charge in [0.2, 0.25) is 24.3 Å². The van der Waals surface area contributed by atoms with E-state index in [1.165, 1.54) is 12.2 Å². The molecular weight excluding hydrogens is 576 g/mol. The van der Waals surface area contributed by atoms with Crippen LogP contribution >= 0.6 is 0 Å². The molecule has 0 aromatic heterocycles. The van der Waals surface area contributed by atoms with Crippen LogP contribution in [0.3, 0.4) is 0 Å². The van der Waals surface area contributed by atoms with Gasteiger partial charge in [0.1, 0.15) is 6.10 Å². The van der Waals surface area contributed by atoms with Crippen LogP contribution in [-0.4, -0.2) is 111 Å². The number of benzene rings is 1. The first-order valence-corrected chi connectivity index (χ1v) is 14.4. The van der Waals surface area contributed by atoms with Crippen LogP contribution in [0.25, 0.3) is 0 Å². The molecular formula is C30H44N4O10. The Balaban J connectivity index is 0.000000642. The van der Waals surface area contributed by atoms with E-state index < -0.39 is 0 Å². The van der Waals surface area contributed by atoms with Crippen LogP contribution in [0.4, 0.5) is 11.4 Å². The van der Waals surface area contributed by atoms with E-state index in [0.29, 0.717) is 81.6 Å². The van der Waals surface area contributed by atoms with Crippen molar-refractivity contribution in [2.45, 2.75) is 70.6 Å². The lowest BCUT2D eigenvalue weighted by atomic mass is 9.83. The van der Waals surface area contributed by atoms with Crippen LogP contribution in [0.2, 0.25) is 0 Å². The van der Waals surface area contributed by atoms with Crippen LogP contribution in [-0.2, 0) is 33.4 Å². The highest BCUT2D eigenvalue weighted by Gasteiger charge is 2.27. The van der Waals surface area contributed by atoms with Gasteiger partial charge in [0.25, 0.3) is 0 Å². The minimum atomic E-state index is -0.172. The molecule has 1 saturated carbocycles. The predicted molar refractivity (Wildman–Crippen MR) is 160 cm³/mol. The van der Waals surface area contributed by atoms with E-state index in [9.17, 15) is 19.2 Å². The third kappa shape index (κ3) is 19.6. The first kappa shape index (κ1) is 40.5. The Hall–Kier alpha value is -3.50. The highest BCUT2D eigenvalue weighted by Crippen LogP contribution is 2.28. The second-order valence-corrected chi connectivity index (χ2v) is 9.65. The van der Waals surface area contributed by atoms with E-state index >= 15 is 0 Å². The second kappa shape index (κ2) is 28.3. The van der Waals surface area contributed by atoms with Gasteiger partial charge in [-0.25, -0.2) is 29.2 Å². The van der Waals surface area contributed by atoms with Gasteiger partial charge < -0.3 is 29.5 Å². The molecule has 44 heavy (non-hydrogen) atoms. The van der Waals surface area contributed by atoms with Gasteiger partial charge in [-0.05, 0) is 63.5 Å². The van der Waals surface area contributed by atoms with Crippen molar-refractivity contribution in [1.82, 2.24) is 0 Å². The van der Waals surface area contributed by atoms with E-state index in [0.717, 1.165) is 12.8 Å². The fraction of sp³-hybridized carbons (Fsp3) is 0.667. The smallest absolute Gasteiger partial charge is 0.240 e. The number of aliphatic hydroxyl groups is 3. The molecule has 2 rings (SSSR count). The third-order valence-electron chi connectivity index (χ3n) is 6.35. The van der Waals surface area contributed by atoms with E-state index in [1.54, 1.807) is 37.3 Å². The van der Waals surface area contributed by atoms with Gasteiger partial charge in [0.15, 0.2) is 0 Å². The topological polar surface area (TPSA) is 206 Å². The number of isocyanates is 4. The fourth-order valence-electron chi connectivity index (χ4n) is 3.89. The molecule has 3 N–H and O–H groups in total. The average Bonchev–Trinajstić information content (AvgIpc) is 3.02. The maximum Gasteiger partial charge on any atom is 0.240 e. The van der Waals surface area contributed by atoms with Crippen LogP contribution in [0.15, 0.2) is 38.2 Å². The number of carbonyl (C=O) groups excluding carboxylic acids is 4. The van der Waals surface area contributed by atoms with Crippen molar-refractivity contribution in [2.24, 2.45) is 25.9 Å². The highest BCUT2D eigenvalue weighted by atomic mass is 16.6. The maximum atomic E-state index is 10.1. The summed E-state index contributed by atoms with van der Waals surface area (Å²) in [7, 11) is 0. The molecule has 1 aromatic rings. The second-order valence-electron chi connectivity index (χ2n) is 9.65. The Morgan fingerprint density at radius 1 is 0.795 bits per heavy atom. The van der Waals surface area contributed by atoms with Crippen molar-refractivity contribution >= 4 is 35.7 Å². The first-order valence-electron chi connectivity index (χ1n) is 14.4. The molecule has 0 bridgehead atoms. The van der Waals surface area contributed by atoms with Gasteiger partial charge in [0.05, 0.1) is 36.7 Å². The number of nitrogens with zero attached hydrogens (tertiary/aromatic N) is 4. The van der Waals surface area contributed by atoms with Gasteiger partial charge in [-0.15, -0.1) is 0 Å². The van der Waals surface area contributed by atoms with Crippen molar-refractivity contribution in [3.63, 3.8) is 0 Å². The molecule has 0 spiro atoms. The molecule has 1 fully saturated rings. The minimum absolute atomic E-state index is 0.00389. The molecule has 3 atom stereocenters. The maximum absolute atomic E-state index is 10.1. The summed E-state index contributed by atoms with van der Waals surface area (Å²) in [5.41, 5.74) is 1.59. The molecule has 0 amide bonds. The lowest BCUT2D eigenvalue weighted by molar-refractivity contribution is -0.0644. The first-order chi connectivity index (χ1) is 21.4. The number of aliphatic hydroxyl groups excluding tert-OH is 3. The van der Waals surface area contributed by atoms with Crippen molar-refractivity contribution in [3.8, 4) is 0 Å². The summed E-state index contributed by atoms with van der Waals surface area (Å²) in [5, 5.41) is 25.9. The van der Waals surface area contributed by atoms with Gasteiger partial charge in [-0.1, -0.05) is 13.0 Å². The normalized spacial score (nSPS) is 16.8. The number of aliphatic imine (C=N–C) groups is 4. The number of hydrogen-bond donors (Lipinski definition) is 3. The van der Waals surface area contributed by atoms with E-state index in [1.807, 2.05) is 6.92 Å². The Labute approximate surface area is 257 Å². The average molecular weight is 621 g/mol. The lowest BCUT2D eigenvalue weighted by Crippen LogP contribution is -2.28. The zero-order chi connectivity index (χ0) is 32.8. The Bertz CT molecular complexity index is 1050. The quantitative estimate of drug-likeness (QED) is 0.124. The Morgan fingerprint density at radius 2 is 1.32 bits per heavy atom. The fourth-order valence-corrected chi connectivity index (χ4v) is 3.89. The van der Waals surface area contributed by atoms with Crippen molar-refractivity contribution < 1.29 is 48.7 Å². The van der Waals surface area contributed by atoms with Gasteiger partial charge in [-0.3, -0.25) is 0 Å². The van der Waals surface area contributed by atoms with Crippen molar-refractivity contribution in [1.29, 1.82) is 0 Å². The summed E-state index contributed by atoms with van der Waals surface area (Å²) in [6, 6.07) is 4.91. The Morgan fingerprint density at radius 3 is 1.80 bits per heavy atom. The summed E-state index contributed by atoms with van der Waals surface area (Å²) in [5.74, 6) is 0.388. The molecule has 1 aromatic carbocycles. The SMILES string of the molecule is CC1CCC(N=C=O)CC1N=C=O.Cc1c(N=C=O)cccc1N=C=O.OCCCOCC(COCCCO)OCCCO.